The molecule has 0 spiro atoms. The third-order valence-electron chi connectivity index (χ3n) is 4.28. The van der Waals surface area contributed by atoms with E-state index in [1.807, 2.05) is 11.3 Å². The summed E-state index contributed by atoms with van der Waals surface area (Å²) in [7, 11) is 1.43. The summed E-state index contributed by atoms with van der Waals surface area (Å²) in [6.45, 7) is 5.81. The van der Waals surface area contributed by atoms with Gasteiger partial charge < -0.3 is 20.3 Å². The molecule has 1 saturated heterocycles. The molecule has 0 saturated carbocycles. The van der Waals surface area contributed by atoms with Crippen molar-refractivity contribution in [3.05, 3.63) is 17.5 Å². The van der Waals surface area contributed by atoms with Crippen molar-refractivity contribution in [2.45, 2.75) is 45.1 Å². The molecule has 1 fully saturated rings. The average molecular weight is 494 g/mol. The molecule has 1 aromatic heterocycles. The second kappa shape index (κ2) is 13.2. The van der Waals surface area contributed by atoms with Crippen molar-refractivity contribution >= 4 is 52.2 Å². The molecule has 1 aliphatic heterocycles. The second-order valence-corrected chi connectivity index (χ2v) is 7.08. The maximum absolute atomic E-state index is 11.1. The number of carbonyl (C=O) groups is 1. The largest absolute Gasteiger partial charge is 0.469 e. The first-order valence-corrected chi connectivity index (χ1v) is 10.0. The van der Waals surface area contributed by atoms with Crippen molar-refractivity contribution in [3.63, 3.8) is 0 Å². The van der Waals surface area contributed by atoms with Gasteiger partial charge in [0, 0.05) is 38.6 Å². The number of anilines is 1. The molecule has 0 aromatic carbocycles. The van der Waals surface area contributed by atoms with E-state index in [0.29, 0.717) is 12.5 Å². The van der Waals surface area contributed by atoms with Gasteiger partial charge in [-0.25, -0.2) is 0 Å². The van der Waals surface area contributed by atoms with Gasteiger partial charge in [0.2, 0.25) is 0 Å². The first kappa shape index (κ1) is 23.0. The van der Waals surface area contributed by atoms with Crippen LogP contribution in [0.5, 0.6) is 0 Å². The SMILES string of the molecule is CCNC(=NCCCCC(=O)OC)NC1CCN(c2cccs2)CC1.I. The van der Waals surface area contributed by atoms with Gasteiger partial charge in [-0.15, -0.1) is 35.3 Å². The highest BCUT2D eigenvalue weighted by molar-refractivity contribution is 14.0. The summed E-state index contributed by atoms with van der Waals surface area (Å²) >= 11 is 1.81. The fourth-order valence-electron chi connectivity index (χ4n) is 2.88. The molecule has 0 atom stereocenters. The lowest BCUT2D eigenvalue weighted by molar-refractivity contribution is -0.140. The molecular formula is C18H31IN4O2S. The van der Waals surface area contributed by atoms with Gasteiger partial charge in [0.25, 0.3) is 0 Å². The van der Waals surface area contributed by atoms with E-state index in [9.17, 15) is 4.79 Å². The summed E-state index contributed by atoms with van der Waals surface area (Å²) in [5, 5.41) is 10.4. The van der Waals surface area contributed by atoms with Crippen LogP contribution < -0.4 is 15.5 Å². The number of nitrogens with one attached hydrogen (secondary N) is 2. The van der Waals surface area contributed by atoms with Crippen LogP contribution in [0.15, 0.2) is 22.5 Å². The molecule has 0 bridgehead atoms. The lowest BCUT2D eigenvalue weighted by Gasteiger charge is -2.33. The van der Waals surface area contributed by atoms with Crippen LogP contribution in [0, 0.1) is 0 Å². The summed E-state index contributed by atoms with van der Waals surface area (Å²) < 4.78 is 4.65. The molecule has 0 unspecified atom stereocenters. The highest BCUT2D eigenvalue weighted by Crippen LogP contribution is 2.24. The van der Waals surface area contributed by atoms with Gasteiger partial charge >= 0.3 is 5.97 Å². The van der Waals surface area contributed by atoms with Gasteiger partial charge in [-0.2, -0.15) is 0 Å². The molecule has 0 amide bonds. The number of piperidine rings is 1. The zero-order valence-corrected chi connectivity index (χ0v) is 18.8. The van der Waals surface area contributed by atoms with Crippen molar-refractivity contribution in [2.75, 3.05) is 38.2 Å². The molecule has 2 N–H and O–H groups in total. The topological polar surface area (TPSA) is 66.0 Å². The Morgan fingerprint density at radius 2 is 2.15 bits per heavy atom. The van der Waals surface area contributed by atoms with Gasteiger partial charge in [-0.05, 0) is 50.1 Å². The molecule has 1 aromatic rings. The van der Waals surface area contributed by atoms with Crippen LogP contribution in [0.25, 0.3) is 0 Å². The first-order valence-electron chi connectivity index (χ1n) is 9.13. The quantitative estimate of drug-likeness (QED) is 0.191. The number of rotatable bonds is 8. The molecule has 1 aliphatic rings. The number of ether oxygens (including phenoxy) is 1. The van der Waals surface area contributed by atoms with Crippen molar-refractivity contribution in [1.29, 1.82) is 0 Å². The second-order valence-electron chi connectivity index (χ2n) is 6.15. The van der Waals surface area contributed by atoms with E-state index in [1.54, 1.807) is 0 Å². The number of carbonyl (C=O) groups excluding carboxylic acids is 1. The van der Waals surface area contributed by atoms with Crippen LogP contribution >= 0.6 is 35.3 Å². The van der Waals surface area contributed by atoms with Crippen LogP contribution in [-0.4, -0.2) is 51.3 Å². The molecule has 6 nitrogen and oxygen atoms in total. The average Bonchev–Trinajstić information content (AvgIpc) is 3.16. The normalized spacial score (nSPS) is 15.3. The molecule has 0 aliphatic carbocycles. The molecular weight excluding hydrogens is 463 g/mol. The number of thiophene rings is 1. The Bertz CT molecular complexity index is 531. The third kappa shape index (κ3) is 8.11. The smallest absolute Gasteiger partial charge is 0.305 e. The minimum Gasteiger partial charge on any atom is -0.469 e. The first-order chi connectivity index (χ1) is 12.2. The Balaban J connectivity index is 0.00000338. The Morgan fingerprint density at radius 1 is 1.38 bits per heavy atom. The van der Waals surface area contributed by atoms with Gasteiger partial charge in [0.1, 0.15) is 0 Å². The molecule has 26 heavy (non-hydrogen) atoms. The molecule has 2 heterocycles. The highest BCUT2D eigenvalue weighted by atomic mass is 127. The van der Waals surface area contributed by atoms with E-state index in [0.717, 1.165) is 57.8 Å². The number of methoxy groups -OCH3 is 1. The molecule has 2 rings (SSSR count). The summed E-state index contributed by atoms with van der Waals surface area (Å²) in [6.07, 6.45) is 4.41. The number of halogens is 1. The summed E-state index contributed by atoms with van der Waals surface area (Å²) in [4.78, 5) is 18.2. The van der Waals surface area contributed by atoms with E-state index >= 15 is 0 Å². The van der Waals surface area contributed by atoms with E-state index in [1.165, 1.54) is 12.1 Å². The summed E-state index contributed by atoms with van der Waals surface area (Å²) in [6, 6.07) is 4.77. The standard InChI is InChI=1S/C18H30N4O2S.HI/c1-3-19-18(20-11-5-4-8-17(23)24-2)21-15-9-12-22(13-10-15)16-7-6-14-25-16;/h6-7,14-15H,3-5,8-13H2,1-2H3,(H2,19,20,21);1H. The van der Waals surface area contributed by atoms with E-state index < -0.39 is 0 Å². The fraction of sp³-hybridized carbons (Fsp3) is 0.667. The van der Waals surface area contributed by atoms with E-state index in [-0.39, 0.29) is 29.9 Å². The Hall–Kier alpha value is -1.03. The maximum atomic E-state index is 11.1. The fourth-order valence-corrected chi connectivity index (χ4v) is 3.67. The van der Waals surface area contributed by atoms with Crippen molar-refractivity contribution in [2.24, 2.45) is 4.99 Å². The lowest BCUT2D eigenvalue weighted by atomic mass is 10.1. The van der Waals surface area contributed by atoms with Gasteiger partial charge in [-0.3, -0.25) is 9.79 Å². The Labute approximate surface area is 177 Å². The van der Waals surface area contributed by atoms with Crippen molar-refractivity contribution in [3.8, 4) is 0 Å². The number of nitrogens with zero attached hydrogens (tertiary/aromatic N) is 2. The van der Waals surface area contributed by atoms with Crippen LogP contribution in [-0.2, 0) is 9.53 Å². The monoisotopic (exact) mass is 494 g/mol. The molecule has 0 radical (unpaired) electrons. The molecule has 8 heteroatoms. The number of esters is 1. The molecule has 148 valence electrons. The van der Waals surface area contributed by atoms with Crippen LogP contribution in [0.2, 0.25) is 0 Å². The number of guanidine groups is 1. The summed E-state index contributed by atoms with van der Waals surface area (Å²) in [5.41, 5.74) is 0. The maximum Gasteiger partial charge on any atom is 0.305 e. The number of hydrogen-bond donors (Lipinski definition) is 2. The van der Waals surface area contributed by atoms with Crippen molar-refractivity contribution < 1.29 is 9.53 Å². The highest BCUT2D eigenvalue weighted by Gasteiger charge is 2.20. The Kier molecular flexibility index (Phi) is 11.7. The predicted molar refractivity (Wildman–Crippen MR) is 120 cm³/mol. The van der Waals surface area contributed by atoms with Crippen LogP contribution in [0.4, 0.5) is 5.00 Å². The predicted octanol–water partition coefficient (Wildman–Crippen LogP) is 3.23. The number of hydrogen-bond acceptors (Lipinski definition) is 5. The van der Waals surface area contributed by atoms with Gasteiger partial charge in [-0.1, -0.05) is 0 Å². The number of aliphatic imine (C=N–C) groups is 1. The minimum absolute atomic E-state index is 0. The zero-order chi connectivity index (χ0) is 17.9. The van der Waals surface area contributed by atoms with E-state index in [2.05, 4.69) is 49.7 Å². The Morgan fingerprint density at radius 3 is 2.77 bits per heavy atom. The lowest BCUT2D eigenvalue weighted by Crippen LogP contribution is -2.48. The minimum atomic E-state index is -0.147. The summed E-state index contributed by atoms with van der Waals surface area (Å²) in [5.74, 6) is 0.738. The van der Waals surface area contributed by atoms with Crippen molar-refractivity contribution in [1.82, 2.24) is 10.6 Å². The van der Waals surface area contributed by atoms with Crippen LogP contribution in [0.3, 0.4) is 0 Å². The zero-order valence-electron chi connectivity index (χ0n) is 15.7. The van der Waals surface area contributed by atoms with Crippen LogP contribution in [0.1, 0.15) is 39.0 Å². The van der Waals surface area contributed by atoms with Gasteiger partial charge in [0.15, 0.2) is 5.96 Å². The number of unbranched alkanes of at least 4 members (excludes halogenated alkanes) is 1. The van der Waals surface area contributed by atoms with Gasteiger partial charge in [0.05, 0.1) is 12.1 Å². The van der Waals surface area contributed by atoms with E-state index in [4.69, 9.17) is 0 Å². The third-order valence-corrected chi connectivity index (χ3v) is 5.21.